The zero-order chi connectivity index (χ0) is 15.5. The lowest BCUT2D eigenvalue weighted by Crippen LogP contribution is -1.96. The Hall–Kier alpha value is -2.75. The smallest absolute Gasteiger partial charge is 0.145 e. The van der Waals surface area contributed by atoms with Crippen LogP contribution in [0.5, 0.6) is 11.5 Å². The van der Waals surface area contributed by atoms with Crippen molar-refractivity contribution >= 4 is 22.3 Å². The summed E-state index contributed by atoms with van der Waals surface area (Å²) in [7, 11) is 3.32. The van der Waals surface area contributed by atoms with E-state index in [0.29, 0.717) is 0 Å². The number of nitrogens with zero attached hydrogens (tertiary/aromatic N) is 1. The highest BCUT2D eigenvalue weighted by Gasteiger charge is 2.08. The molecular formula is C18H18N2O2. The number of rotatable bonds is 4. The average Bonchev–Trinajstić information content (AvgIpc) is 2.55. The largest absolute Gasteiger partial charge is 0.497 e. The maximum absolute atomic E-state index is 5.41. The number of ether oxygens (including phenoxy) is 2. The van der Waals surface area contributed by atoms with Crippen molar-refractivity contribution in [2.75, 3.05) is 19.5 Å². The van der Waals surface area contributed by atoms with Crippen molar-refractivity contribution in [3.8, 4) is 11.5 Å². The van der Waals surface area contributed by atoms with Gasteiger partial charge in [0.25, 0.3) is 0 Å². The van der Waals surface area contributed by atoms with E-state index >= 15 is 0 Å². The van der Waals surface area contributed by atoms with Gasteiger partial charge < -0.3 is 14.8 Å². The molecule has 3 aromatic rings. The minimum absolute atomic E-state index is 0.777. The SMILES string of the molecule is COc1ccc(Nc2cc(C)nc3c(OC)cccc23)cc1. The zero-order valence-corrected chi connectivity index (χ0v) is 12.9. The second-order valence-corrected chi connectivity index (χ2v) is 5.02. The molecule has 112 valence electrons. The topological polar surface area (TPSA) is 43.4 Å². The monoisotopic (exact) mass is 294 g/mol. The van der Waals surface area contributed by atoms with E-state index in [4.69, 9.17) is 9.47 Å². The molecule has 0 fully saturated rings. The number of anilines is 2. The predicted octanol–water partition coefficient (Wildman–Crippen LogP) is 4.30. The van der Waals surface area contributed by atoms with E-state index in [1.807, 2.05) is 55.5 Å². The normalized spacial score (nSPS) is 10.5. The van der Waals surface area contributed by atoms with Crippen molar-refractivity contribution in [2.45, 2.75) is 6.92 Å². The summed E-state index contributed by atoms with van der Waals surface area (Å²) in [6, 6.07) is 15.8. The highest BCUT2D eigenvalue weighted by molar-refractivity contribution is 5.96. The first kappa shape index (κ1) is 14.2. The van der Waals surface area contributed by atoms with Crippen LogP contribution in [0.25, 0.3) is 10.9 Å². The predicted molar refractivity (Wildman–Crippen MR) is 89.3 cm³/mol. The van der Waals surface area contributed by atoms with Crippen LogP contribution in [0.4, 0.5) is 11.4 Å². The van der Waals surface area contributed by atoms with Gasteiger partial charge in [0.15, 0.2) is 0 Å². The Morgan fingerprint density at radius 3 is 2.41 bits per heavy atom. The van der Waals surface area contributed by atoms with E-state index in [1.165, 1.54) is 0 Å². The van der Waals surface area contributed by atoms with Crippen LogP contribution in [0, 0.1) is 6.92 Å². The number of fused-ring (bicyclic) bond motifs is 1. The summed E-state index contributed by atoms with van der Waals surface area (Å²) in [6.07, 6.45) is 0. The number of para-hydroxylation sites is 1. The minimum Gasteiger partial charge on any atom is -0.497 e. The van der Waals surface area contributed by atoms with Gasteiger partial charge in [0, 0.05) is 22.5 Å². The number of methoxy groups -OCH3 is 2. The number of nitrogens with one attached hydrogen (secondary N) is 1. The third-order valence-electron chi connectivity index (χ3n) is 3.52. The van der Waals surface area contributed by atoms with Crippen LogP contribution < -0.4 is 14.8 Å². The second-order valence-electron chi connectivity index (χ2n) is 5.02. The second kappa shape index (κ2) is 5.93. The molecule has 0 aliphatic rings. The highest BCUT2D eigenvalue weighted by atomic mass is 16.5. The first-order valence-corrected chi connectivity index (χ1v) is 7.06. The van der Waals surface area contributed by atoms with Crippen molar-refractivity contribution in [1.82, 2.24) is 4.98 Å². The van der Waals surface area contributed by atoms with Crippen LogP contribution in [0.15, 0.2) is 48.5 Å². The molecule has 4 nitrogen and oxygen atoms in total. The first-order valence-electron chi connectivity index (χ1n) is 7.06. The molecule has 2 aromatic carbocycles. The molecule has 22 heavy (non-hydrogen) atoms. The maximum atomic E-state index is 5.41. The summed E-state index contributed by atoms with van der Waals surface area (Å²) in [5.41, 5.74) is 3.80. The molecule has 0 radical (unpaired) electrons. The molecule has 1 heterocycles. The van der Waals surface area contributed by atoms with E-state index in [2.05, 4.69) is 10.3 Å². The Morgan fingerprint density at radius 1 is 0.955 bits per heavy atom. The molecule has 1 aromatic heterocycles. The van der Waals surface area contributed by atoms with Gasteiger partial charge in [-0.3, -0.25) is 0 Å². The van der Waals surface area contributed by atoms with Gasteiger partial charge in [-0.25, -0.2) is 4.98 Å². The number of aromatic nitrogens is 1. The summed E-state index contributed by atoms with van der Waals surface area (Å²) in [4.78, 5) is 4.59. The molecule has 3 rings (SSSR count). The van der Waals surface area contributed by atoms with Crippen LogP contribution in [0.1, 0.15) is 5.69 Å². The van der Waals surface area contributed by atoms with Crippen molar-refractivity contribution in [3.05, 3.63) is 54.2 Å². The van der Waals surface area contributed by atoms with Gasteiger partial charge in [-0.2, -0.15) is 0 Å². The van der Waals surface area contributed by atoms with Gasteiger partial charge in [-0.15, -0.1) is 0 Å². The van der Waals surface area contributed by atoms with Crippen LogP contribution in [0.2, 0.25) is 0 Å². The molecule has 0 saturated carbocycles. The maximum Gasteiger partial charge on any atom is 0.145 e. The Morgan fingerprint density at radius 2 is 1.73 bits per heavy atom. The minimum atomic E-state index is 0.777. The van der Waals surface area contributed by atoms with Gasteiger partial charge in [0.1, 0.15) is 17.0 Å². The first-order chi connectivity index (χ1) is 10.7. The van der Waals surface area contributed by atoms with E-state index in [9.17, 15) is 0 Å². The summed E-state index contributed by atoms with van der Waals surface area (Å²) >= 11 is 0. The van der Waals surface area contributed by atoms with Crippen LogP contribution in [0.3, 0.4) is 0 Å². The Bertz CT molecular complexity index is 798. The molecule has 0 unspecified atom stereocenters. The van der Waals surface area contributed by atoms with Gasteiger partial charge in [0.2, 0.25) is 0 Å². The summed E-state index contributed by atoms with van der Waals surface area (Å²) in [6.45, 7) is 1.98. The Balaban J connectivity index is 2.05. The molecule has 0 saturated heterocycles. The number of benzene rings is 2. The number of pyridine rings is 1. The third-order valence-corrected chi connectivity index (χ3v) is 3.52. The highest BCUT2D eigenvalue weighted by Crippen LogP contribution is 2.31. The van der Waals surface area contributed by atoms with E-state index < -0.39 is 0 Å². The lowest BCUT2D eigenvalue weighted by atomic mass is 10.1. The molecule has 0 aliphatic carbocycles. The van der Waals surface area contributed by atoms with Crippen molar-refractivity contribution in [2.24, 2.45) is 0 Å². The fourth-order valence-electron chi connectivity index (χ4n) is 2.45. The van der Waals surface area contributed by atoms with Gasteiger partial charge >= 0.3 is 0 Å². The van der Waals surface area contributed by atoms with Gasteiger partial charge in [0.05, 0.1) is 14.2 Å². The van der Waals surface area contributed by atoms with Crippen LogP contribution in [-0.2, 0) is 0 Å². The van der Waals surface area contributed by atoms with E-state index in [1.54, 1.807) is 14.2 Å². The Kier molecular flexibility index (Phi) is 3.83. The molecule has 0 amide bonds. The summed E-state index contributed by atoms with van der Waals surface area (Å²) < 4.78 is 10.6. The molecule has 0 spiro atoms. The molecule has 4 heteroatoms. The lowest BCUT2D eigenvalue weighted by Gasteiger charge is -2.13. The van der Waals surface area contributed by atoms with Crippen LogP contribution >= 0.6 is 0 Å². The average molecular weight is 294 g/mol. The van der Waals surface area contributed by atoms with Crippen molar-refractivity contribution in [1.29, 1.82) is 0 Å². The molecular weight excluding hydrogens is 276 g/mol. The number of hydrogen-bond donors (Lipinski definition) is 1. The summed E-state index contributed by atoms with van der Waals surface area (Å²) in [5.74, 6) is 1.61. The summed E-state index contributed by atoms with van der Waals surface area (Å²) in [5, 5.41) is 4.47. The number of hydrogen-bond acceptors (Lipinski definition) is 4. The standard InChI is InChI=1S/C18H18N2O2/c1-12-11-16(20-13-7-9-14(21-2)10-8-13)15-5-4-6-17(22-3)18(15)19-12/h4-11H,1-3H3,(H,19,20). The third kappa shape index (κ3) is 2.68. The molecule has 1 N–H and O–H groups in total. The number of aryl methyl sites for hydroxylation is 1. The zero-order valence-electron chi connectivity index (χ0n) is 12.9. The fourth-order valence-corrected chi connectivity index (χ4v) is 2.45. The van der Waals surface area contributed by atoms with E-state index in [0.717, 1.165) is 39.5 Å². The van der Waals surface area contributed by atoms with Gasteiger partial charge in [-0.05, 0) is 43.3 Å². The quantitative estimate of drug-likeness (QED) is 0.779. The fraction of sp³-hybridized carbons (Fsp3) is 0.167. The lowest BCUT2D eigenvalue weighted by molar-refractivity contribution is 0.415. The van der Waals surface area contributed by atoms with E-state index in [-0.39, 0.29) is 0 Å². The molecule has 0 atom stereocenters. The van der Waals surface area contributed by atoms with Crippen molar-refractivity contribution in [3.63, 3.8) is 0 Å². The molecule has 0 aliphatic heterocycles. The van der Waals surface area contributed by atoms with Gasteiger partial charge in [-0.1, -0.05) is 12.1 Å². The van der Waals surface area contributed by atoms with Crippen LogP contribution in [-0.4, -0.2) is 19.2 Å². The Labute approximate surface area is 129 Å². The molecule has 0 bridgehead atoms. The van der Waals surface area contributed by atoms with Crippen molar-refractivity contribution < 1.29 is 9.47 Å².